The molecular weight excluding hydrogens is 598 g/mol. The number of fused-ring (bicyclic) bond motifs is 1. The Hall–Kier alpha value is -4.09. The third-order valence-corrected chi connectivity index (χ3v) is 9.34. The second kappa shape index (κ2) is 16.6. The molecule has 3 aromatic rings. The Morgan fingerprint density at radius 1 is 1.00 bits per heavy atom. The Balaban J connectivity index is 1.34. The first-order chi connectivity index (χ1) is 22.9. The monoisotopic (exact) mass is 645 g/mol. The van der Waals surface area contributed by atoms with Crippen molar-refractivity contribution in [3.05, 3.63) is 66.1 Å². The number of carbonyl (C=O) groups excluding carboxylic acids is 4. The number of ketones is 2. The minimum atomic E-state index is -0.831. The van der Waals surface area contributed by atoms with Crippen LogP contribution in [0.3, 0.4) is 0 Å². The number of aromatic nitrogens is 1. The lowest BCUT2D eigenvalue weighted by Gasteiger charge is -2.29. The largest absolute Gasteiger partial charge is 0.444 e. The first-order valence-electron chi connectivity index (χ1n) is 17.0. The Labute approximate surface area is 276 Å². The summed E-state index contributed by atoms with van der Waals surface area (Å²) in [7, 11) is 1.74. The number of ether oxygens (including phenoxy) is 1. The molecule has 2 fully saturated rings. The minimum absolute atomic E-state index is 0.0272. The number of Topliss-reactive ketones (excluding diaryl/α,β-unsaturated/α-hetero) is 2. The van der Waals surface area contributed by atoms with Crippen molar-refractivity contribution in [1.29, 1.82) is 0 Å². The molecule has 2 amide bonds. The van der Waals surface area contributed by atoms with Gasteiger partial charge in [-0.1, -0.05) is 48.9 Å². The predicted octanol–water partition coefficient (Wildman–Crippen LogP) is 4.53. The van der Waals surface area contributed by atoms with Gasteiger partial charge in [0.1, 0.15) is 11.6 Å². The van der Waals surface area contributed by atoms with Crippen LogP contribution in [0.25, 0.3) is 11.1 Å². The average molecular weight is 646 g/mol. The maximum Gasteiger partial charge on any atom is 0.410 e. The van der Waals surface area contributed by atoms with E-state index >= 15 is 0 Å². The Bertz CT molecular complexity index is 1470. The number of piperidine rings is 1. The Morgan fingerprint density at radius 3 is 2.47 bits per heavy atom. The summed E-state index contributed by atoms with van der Waals surface area (Å²) in [4.78, 5) is 62.6. The lowest BCUT2D eigenvalue weighted by Crippen LogP contribution is -2.50. The van der Waals surface area contributed by atoms with Crippen molar-refractivity contribution >= 4 is 34.7 Å². The number of rotatable bonds is 15. The highest BCUT2D eigenvalue weighted by molar-refractivity contribution is 6.00. The second-order valence-electron chi connectivity index (χ2n) is 12.7. The maximum absolute atomic E-state index is 14.1. The van der Waals surface area contributed by atoms with E-state index in [4.69, 9.17) is 14.9 Å². The maximum atomic E-state index is 14.1. The number of likely N-dealkylation sites (N-methyl/N-ethyl adjacent to an activating group) is 1. The zero-order chi connectivity index (χ0) is 33.2. The van der Waals surface area contributed by atoms with Crippen LogP contribution in [0, 0.1) is 5.92 Å². The molecule has 0 saturated carbocycles. The summed E-state index contributed by atoms with van der Waals surface area (Å²) in [5.74, 6) is -1.52. The van der Waals surface area contributed by atoms with E-state index in [0.717, 1.165) is 24.8 Å². The van der Waals surface area contributed by atoms with Gasteiger partial charge in [0.05, 0.1) is 18.6 Å². The quantitative estimate of drug-likeness (QED) is 0.180. The molecule has 252 valence electrons. The molecule has 1 aromatic heterocycles. The number of aryl methyl sites for hydroxylation is 1. The van der Waals surface area contributed by atoms with Crippen molar-refractivity contribution in [2.24, 2.45) is 11.7 Å². The van der Waals surface area contributed by atoms with Gasteiger partial charge in [-0.25, -0.2) is 9.78 Å². The lowest BCUT2D eigenvalue weighted by atomic mass is 9.89. The molecule has 4 atom stereocenters. The van der Waals surface area contributed by atoms with Crippen LogP contribution < -0.4 is 11.1 Å². The summed E-state index contributed by atoms with van der Waals surface area (Å²) >= 11 is 0. The van der Waals surface area contributed by atoms with Gasteiger partial charge in [-0.05, 0) is 76.2 Å². The number of carbonyl (C=O) groups is 4. The van der Waals surface area contributed by atoms with Gasteiger partial charge in [0.15, 0.2) is 11.4 Å². The first-order valence-corrected chi connectivity index (χ1v) is 17.0. The van der Waals surface area contributed by atoms with Crippen molar-refractivity contribution in [1.82, 2.24) is 20.1 Å². The molecule has 0 radical (unpaired) electrons. The number of nitrogens with zero attached hydrogens (tertiary/aromatic N) is 3. The summed E-state index contributed by atoms with van der Waals surface area (Å²) in [6.07, 6.45) is 5.01. The van der Waals surface area contributed by atoms with E-state index < -0.39 is 30.2 Å². The third kappa shape index (κ3) is 8.84. The van der Waals surface area contributed by atoms with Gasteiger partial charge in [0.25, 0.3) is 5.89 Å². The van der Waals surface area contributed by atoms with E-state index in [0.29, 0.717) is 62.8 Å². The van der Waals surface area contributed by atoms with Crippen LogP contribution in [0.15, 0.2) is 59.0 Å². The van der Waals surface area contributed by atoms with Crippen molar-refractivity contribution in [3.63, 3.8) is 0 Å². The van der Waals surface area contributed by atoms with Crippen molar-refractivity contribution in [3.8, 4) is 0 Å². The van der Waals surface area contributed by atoms with Crippen LogP contribution in [0.1, 0.15) is 74.0 Å². The highest BCUT2D eigenvalue weighted by Crippen LogP contribution is 2.29. The van der Waals surface area contributed by atoms with E-state index in [1.165, 1.54) is 0 Å². The van der Waals surface area contributed by atoms with Gasteiger partial charge < -0.3 is 30.0 Å². The number of amides is 2. The number of hydrogen-bond acceptors (Lipinski definition) is 9. The molecule has 0 bridgehead atoms. The van der Waals surface area contributed by atoms with E-state index in [1.807, 2.05) is 42.5 Å². The van der Waals surface area contributed by atoms with Gasteiger partial charge in [0, 0.05) is 31.8 Å². The van der Waals surface area contributed by atoms with Crippen LogP contribution in [-0.2, 0) is 20.7 Å². The molecule has 2 aliphatic rings. The van der Waals surface area contributed by atoms with Gasteiger partial charge in [-0.2, -0.15) is 0 Å². The van der Waals surface area contributed by atoms with Crippen LogP contribution >= 0.6 is 0 Å². The molecule has 0 aliphatic carbocycles. The normalized spacial score (nSPS) is 19.4. The topological polar surface area (TPSA) is 148 Å². The van der Waals surface area contributed by atoms with Crippen LogP contribution in [0.5, 0.6) is 0 Å². The summed E-state index contributed by atoms with van der Waals surface area (Å²) in [6.45, 7) is 1.87. The van der Waals surface area contributed by atoms with Gasteiger partial charge >= 0.3 is 6.09 Å². The Kier molecular flexibility index (Phi) is 12.1. The standard InChI is InChI=1S/C36H47N5O6/c1-38-29(18-17-25-12-4-2-5-13-25)35(44)41-24-27(46-36(45)40-20-10-3-11-21-40)23-30(41)31(42)22-26(14-8-9-19-37)33(43)34-39-28-15-6-7-16-32(28)47-34/h2,4-7,12-13,15-16,26-27,29-30,38H,3,8-11,14,17-24,37H2,1H3/t26-,27-,29-,30+/m1/s1. The Morgan fingerprint density at radius 2 is 1.74 bits per heavy atom. The van der Waals surface area contributed by atoms with Crippen molar-refractivity contribution in [2.45, 2.75) is 82.4 Å². The minimum Gasteiger partial charge on any atom is -0.444 e. The fourth-order valence-corrected chi connectivity index (χ4v) is 6.66. The molecule has 47 heavy (non-hydrogen) atoms. The summed E-state index contributed by atoms with van der Waals surface area (Å²) in [5, 5.41) is 3.14. The number of oxazole rings is 1. The van der Waals surface area contributed by atoms with Crippen molar-refractivity contribution in [2.75, 3.05) is 33.2 Å². The van der Waals surface area contributed by atoms with Crippen LogP contribution in [0.4, 0.5) is 4.79 Å². The predicted molar refractivity (Wildman–Crippen MR) is 178 cm³/mol. The fraction of sp³-hybridized carbons (Fsp3) is 0.528. The number of unbranched alkanes of at least 4 members (excludes halogenated alkanes) is 1. The SMILES string of the molecule is CN[C@H](CCc1ccccc1)C(=O)N1C[C@H](OC(=O)N2CCCCC2)C[C@H]1C(=O)C[C@@H](CCCCN)C(=O)c1nc2ccccc2o1. The second-order valence-corrected chi connectivity index (χ2v) is 12.7. The van der Waals surface area contributed by atoms with E-state index in [9.17, 15) is 19.2 Å². The molecular formula is C36H47N5O6. The van der Waals surface area contributed by atoms with Crippen LogP contribution in [-0.4, -0.2) is 89.8 Å². The summed E-state index contributed by atoms with van der Waals surface area (Å²) in [6, 6.07) is 15.7. The summed E-state index contributed by atoms with van der Waals surface area (Å²) < 4.78 is 11.7. The average Bonchev–Trinajstić information content (AvgIpc) is 3.73. The number of nitrogens with two attached hydrogens (primary N) is 1. The molecule has 3 N–H and O–H groups in total. The number of hydrogen-bond donors (Lipinski definition) is 2. The lowest BCUT2D eigenvalue weighted by molar-refractivity contribution is -0.139. The van der Waals surface area contributed by atoms with Crippen molar-refractivity contribution < 1.29 is 28.3 Å². The molecule has 0 spiro atoms. The van der Waals surface area contributed by atoms with Gasteiger partial charge in [-0.15, -0.1) is 0 Å². The first kappa shape index (κ1) is 34.3. The van der Waals surface area contributed by atoms with E-state index in [2.05, 4.69) is 10.3 Å². The highest BCUT2D eigenvalue weighted by atomic mass is 16.6. The molecule has 0 unspecified atom stereocenters. The van der Waals surface area contributed by atoms with Crippen LogP contribution in [0.2, 0.25) is 0 Å². The number of nitrogens with one attached hydrogen (secondary N) is 1. The smallest absolute Gasteiger partial charge is 0.410 e. The molecule has 5 rings (SSSR count). The molecule has 2 saturated heterocycles. The summed E-state index contributed by atoms with van der Waals surface area (Å²) in [5.41, 5.74) is 7.93. The number of para-hydroxylation sites is 2. The molecule has 2 aliphatic heterocycles. The third-order valence-electron chi connectivity index (χ3n) is 9.34. The number of likely N-dealkylation sites (tertiary alicyclic amines) is 2. The zero-order valence-electron chi connectivity index (χ0n) is 27.3. The van der Waals surface area contributed by atoms with Gasteiger partial charge in [0.2, 0.25) is 11.7 Å². The molecule has 3 heterocycles. The van der Waals surface area contributed by atoms with E-state index in [-0.39, 0.29) is 42.8 Å². The zero-order valence-corrected chi connectivity index (χ0v) is 27.3. The highest BCUT2D eigenvalue weighted by Gasteiger charge is 2.44. The van der Waals surface area contributed by atoms with Gasteiger partial charge in [-0.3, -0.25) is 14.4 Å². The molecule has 2 aromatic carbocycles. The van der Waals surface area contributed by atoms with E-state index in [1.54, 1.807) is 29.0 Å². The number of benzene rings is 2. The fourth-order valence-electron chi connectivity index (χ4n) is 6.66. The molecule has 11 nitrogen and oxygen atoms in total. The molecule has 11 heteroatoms.